The molecule has 0 aliphatic carbocycles. The van der Waals surface area contributed by atoms with Crippen LogP contribution in [0.3, 0.4) is 0 Å². The van der Waals surface area contributed by atoms with Gasteiger partial charge in [0.25, 0.3) is 0 Å². The van der Waals surface area contributed by atoms with Crippen LogP contribution in [0, 0.1) is 0 Å². The van der Waals surface area contributed by atoms with Gasteiger partial charge in [-0.1, -0.05) is 15.9 Å². The van der Waals surface area contributed by atoms with Gasteiger partial charge in [-0.25, -0.2) is 0 Å². The third kappa shape index (κ3) is 1.81. The molecular weight excluding hydrogens is 262 g/mol. The van der Waals surface area contributed by atoms with Crippen molar-refractivity contribution < 1.29 is 4.79 Å². The van der Waals surface area contributed by atoms with Gasteiger partial charge in [0, 0.05) is 28.6 Å². The van der Waals surface area contributed by atoms with Crippen molar-refractivity contribution in [1.29, 1.82) is 0 Å². The lowest BCUT2D eigenvalue weighted by Gasteiger charge is -2.16. The second-order valence-electron chi connectivity index (χ2n) is 3.16. The number of anilines is 1. The standard InChI is InChI=1S/C10H10BrNOS/c1-12-8-6-7(11)2-3-9(8)14-5-4-10(12)13/h2-3,6H,4-5H2,1H3. The maximum Gasteiger partial charge on any atom is 0.227 e. The molecule has 1 amide bonds. The van der Waals surface area contributed by atoms with E-state index >= 15 is 0 Å². The van der Waals surface area contributed by atoms with E-state index < -0.39 is 0 Å². The molecule has 0 fully saturated rings. The highest BCUT2D eigenvalue weighted by atomic mass is 79.9. The van der Waals surface area contributed by atoms with Crippen LogP contribution in [0.5, 0.6) is 0 Å². The first-order valence-electron chi connectivity index (χ1n) is 4.37. The first-order valence-corrected chi connectivity index (χ1v) is 6.15. The quantitative estimate of drug-likeness (QED) is 0.723. The van der Waals surface area contributed by atoms with Gasteiger partial charge >= 0.3 is 0 Å². The number of halogens is 1. The summed E-state index contributed by atoms with van der Waals surface area (Å²) in [5.41, 5.74) is 1.01. The van der Waals surface area contributed by atoms with Crippen molar-refractivity contribution in [2.24, 2.45) is 0 Å². The fourth-order valence-electron chi connectivity index (χ4n) is 1.43. The minimum atomic E-state index is 0.189. The summed E-state index contributed by atoms with van der Waals surface area (Å²) in [6.07, 6.45) is 0.619. The second kappa shape index (κ2) is 3.95. The lowest BCUT2D eigenvalue weighted by atomic mass is 10.3. The number of thioether (sulfide) groups is 1. The number of nitrogens with zero attached hydrogens (tertiary/aromatic N) is 1. The highest BCUT2D eigenvalue weighted by Gasteiger charge is 2.18. The summed E-state index contributed by atoms with van der Waals surface area (Å²) in [5, 5.41) is 0. The van der Waals surface area contributed by atoms with Gasteiger partial charge < -0.3 is 4.90 Å². The molecule has 0 bridgehead atoms. The van der Waals surface area contributed by atoms with Crippen molar-refractivity contribution >= 4 is 39.3 Å². The minimum Gasteiger partial charge on any atom is -0.314 e. The lowest BCUT2D eigenvalue weighted by Crippen LogP contribution is -2.25. The van der Waals surface area contributed by atoms with Crippen LogP contribution in [0.2, 0.25) is 0 Å². The fourth-order valence-corrected chi connectivity index (χ4v) is 2.78. The second-order valence-corrected chi connectivity index (χ2v) is 5.22. The van der Waals surface area contributed by atoms with E-state index in [2.05, 4.69) is 22.0 Å². The summed E-state index contributed by atoms with van der Waals surface area (Å²) in [6.45, 7) is 0. The summed E-state index contributed by atoms with van der Waals surface area (Å²) in [6, 6.07) is 6.06. The molecule has 2 nitrogen and oxygen atoms in total. The zero-order valence-electron chi connectivity index (χ0n) is 7.79. The van der Waals surface area contributed by atoms with Gasteiger partial charge in [-0.3, -0.25) is 4.79 Å². The van der Waals surface area contributed by atoms with Crippen LogP contribution >= 0.6 is 27.7 Å². The van der Waals surface area contributed by atoms with Crippen LogP contribution in [-0.4, -0.2) is 18.7 Å². The molecule has 0 spiro atoms. The van der Waals surface area contributed by atoms with E-state index in [1.54, 1.807) is 16.7 Å². The van der Waals surface area contributed by atoms with E-state index in [-0.39, 0.29) is 5.91 Å². The predicted octanol–water partition coefficient (Wildman–Crippen LogP) is 2.91. The van der Waals surface area contributed by atoms with Crippen LogP contribution in [-0.2, 0) is 4.79 Å². The Hall–Kier alpha value is -0.480. The molecule has 1 aliphatic rings. The Morgan fingerprint density at radius 2 is 2.29 bits per heavy atom. The minimum absolute atomic E-state index is 0.189. The molecule has 74 valence electrons. The number of hydrogen-bond acceptors (Lipinski definition) is 2. The Morgan fingerprint density at radius 3 is 3.07 bits per heavy atom. The molecule has 0 unspecified atom stereocenters. The number of amides is 1. The van der Waals surface area contributed by atoms with Crippen molar-refractivity contribution in [2.75, 3.05) is 17.7 Å². The summed E-state index contributed by atoms with van der Waals surface area (Å²) < 4.78 is 1.01. The summed E-state index contributed by atoms with van der Waals surface area (Å²) in [5.74, 6) is 1.06. The molecule has 0 radical (unpaired) electrons. The number of carbonyl (C=O) groups is 1. The molecule has 0 saturated heterocycles. The average Bonchev–Trinajstić information content (AvgIpc) is 2.30. The first kappa shape index (κ1) is 10.1. The Morgan fingerprint density at radius 1 is 1.50 bits per heavy atom. The molecule has 14 heavy (non-hydrogen) atoms. The molecule has 0 aromatic heterocycles. The molecule has 1 heterocycles. The molecule has 1 aromatic carbocycles. The average molecular weight is 272 g/mol. The molecule has 1 aromatic rings. The van der Waals surface area contributed by atoms with Crippen LogP contribution in [0.15, 0.2) is 27.6 Å². The Balaban J connectivity index is 2.49. The van der Waals surface area contributed by atoms with Gasteiger partial charge in [-0.15, -0.1) is 11.8 Å². The fraction of sp³-hybridized carbons (Fsp3) is 0.300. The molecule has 1 aliphatic heterocycles. The zero-order valence-corrected chi connectivity index (χ0v) is 10.2. The van der Waals surface area contributed by atoms with E-state index in [0.29, 0.717) is 6.42 Å². The number of hydrogen-bond donors (Lipinski definition) is 0. The molecule has 0 N–H and O–H groups in total. The predicted molar refractivity (Wildman–Crippen MR) is 62.9 cm³/mol. The molecule has 0 atom stereocenters. The maximum absolute atomic E-state index is 11.6. The number of fused-ring (bicyclic) bond motifs is 1. The van der Waals surface area contributed by atoms with Gasteiger partial charge in [0.2, 0.25) is 5.91 Å². The third-order valence-corrected chi connectivity index (χ3v) is 3.79. The Labute approximate surface area is 95.8 Å². The molecular formula is C10H10BrNOS. The van der Waals surface area contributed by atoms with E-state index in [0.717, 1.165) is 15.9 Å². The SMILES string of the molecule is CN1C(=O)CCSc2ccc(Br)cc21. The number of benzene rings is 1. The van der Waals surface area contributed by atoms with Crippen LogP contribution in [0.25, 0.3) is 0 Å². The number of carbonyl (C=O) groups excluding carboxylic acids is 1. The largest absolute Gasteiger partial charge is 0.314 e. The van der Waals surface area contributed by atoms with Crippen molar-refractivity contribution in [3.8, 4) is 0 Å². The van der Waals surface area contributed by atoms with E-state index in [1.807, 2.05) is 19.2 Å². The smallest absolute Gasteiger partial charge is 0.227 e. The van der Waals surface area contributed by atoms with Gasteiger partial charge in [-0.2, -0.15) is 0 Å². The monoisotopic (exact) mass is 271 g/mol. The van der Waals surface area contributed by atoms with E-state index in [1.165, 1.54) is 4.90 Å². The van der Waals surface area contributed by atoms with Crippen molar-refractivity contribution in [2.45, 2.75) is 11.3 Å². The molecule has 4 heteroatoms. The van der Waals surface area contributed by atoms with Crippen LogP contribution in [0.4, 0.5) is 5.69 Å². The Bertz CT molecular complexity index is 380. The van der Waals surface area contributed by atoms with E-state index in [9.17, 15) is 4.79 Å². The van der Waals surface area contributed by atoms with Gasteiger partial charge in [0.05, 0.1) is 5.69 Å². The summed E-state index contributed by atoms with van der Waals surface area (Å²) in [4.78, 5) is 14.5. The topological polar surface area (TPSA) is 20.3 Å². The lowest BCUT2D eigenvalue weighted by molar-refractivity contribution is -0.117. The van der Waals surface area contributed by atoms with Crippen LogP contribution in [0.1, 0.15) is 6.42 Å². The van der Waals surface area contributed by atoms with Crippen molar-refractivity contribution in [1.82, 2.24) is 0 Å². The molecule has 2 rings (SSSR count). The summed E-state index contributed by atoms with van der Waals surface area (Å²) >= 11 is 5.16. The number of rotatable bonds is 0. The van der Waals surface area contributed by atoms with E-state index in [4.69, 9.17) is 0 Å². The van der Waals surface area contributed by atoms with Gasteiger partial charge in [-0.05, 0) is 18.2 Å². The zero-order chi connectivity index (χ0) is 10.1. The highest BCUT2D eigenvalue weighted by Crippen LogP contribution is 2.35. The van der Waals surface area contributed by atoms with Gasteiger partial charge in [0.15, 0.2) is 0 Å². The summed E-state index contributed by atoms with van der Waals surface area (Å²) in [7, 11) is 1.83. The third-order valence-electron chi connectivity index (χ3n) is 2.23. The Kier molecular flexibility index (Phi) is 2.83. The maximum atomic E-state index is 11.6. The van der Waals surface area contributed by atoms with Crippen molar-refractivity contribution in [3.05, 3.63) is 22.7 Å². The normalized spacial score (nSPS) is 16.4. The molecule has 0 saturated carbocycles. The van der Waals surface area contributed by atoms with Crippen LogP contribution < -0.4 is 4.90 Å². The van der Waals surface area contributed by atoms with Crippen molar-refractivity contribution in [3.63, 3.8) is 0 Å². The highest BCUT2D eigenvalue weighted by molar-refractivity contribution is 9.10. The van der Waals surface area contributed by atoms with Gasteiger partial charge in [0.1, 0.15) is 0 Å². The first-order chi connectivity index (χ1) is 6.68.